The lowest BCUT2D eigenvalue weighted by Gasteiger charge is -2.24. The Bertz CT molecular complexity index is 617. The van der Waals surface area contributed by atoms with Crippen LogP contribution < -0.4 is 11.1 Å². The summed E-state index contributed by atoms with van der Waals surface area (Å²) < 4.78 is 0. The predicted octanol–water partition coefficient (Wildman–Crippen LogP) is 2.50. The maximum atomic E-state index is 12.2. The molecule has 122 valence electrons. The minimum Gasteiger partial charge on any atom is -0.325 e. The van der Waals surface area contributed by atoms with E-state index in [0.717, 1.165) is 17.8 Å². The SMILES string of the molecule is NC(CC1CCCCC1)C(=O)Nc1ccc(-n2nccn2)cc1. The molecule has 1 aliphatic carbocycles. The van der Waals surface area contributed by atoms with Crippen LogP contribution in [0.5, 0.6) is 0 Å². The number of nitrogens with one attached hydrogen (secondary N) is 1. The van der Waals surface area contributed by atoms with Crippen LogP contribution in [0.15, 0.2) is 36.7 Å². The first kappa shape index (κ1) is 15.7. The maximum Gasteiger partial charge on any atom is 0.241 e. The van der Waals surface area contributed by atoms with Crippen molar-refractivity contribution >= 4 is 11.6 Å². The van der Waals surface area contributed by atoms with Gasteiger partial charge in [0.25, 0.3) is 0 Å². The van der Waals surface area contributed by atoms with Gasteiger partial charge in [-0.15, -0.1) is 0 Å². The molecule has 1 amide bonds. The maximum absolute atomic E-state index is 12.2. The number of benzene rings is 1. The van der Waals surface area contributed by atoms with E-state index in [9.17, 15) is 4.79 Å². The predicted molar refractivity (Wildman–Crippen MR) is 89.2 cm³/mol. The number of nitrogens with zero attached hydrogens (tertiary/aromatic N) is 3. The minimum atomic E-state index is -0.439. The molecule has 0 saturated heterocycles. The van der Waals surface area contributed by atoms with Gasteiger partial charge >= 0.3 is 0 Å². The third-order valence-electron chi connectivity index (χ3n) is 4.43. The van der Waals surface area contributed by atoms with Crippen LogP contribution in [-0.4, -0.2) is 26.9 Å². The van der Waals surface area contributed by atoms with Gasteiger partial charge in [0.05, 0.1) is 24.1 Å². The van der Waals surface area contributed by atoms with Crippen LogP contribution in [0.4, 0.5) is 5.69 Å². The highest BCUT2D eigenvalue weighted by atomic mass is 16.2. The van der Waals surface area contributed by atoms with E-state index in [-0.39, 0.29) is 5.91 Å². The van der Waals surface area contributed by atoms with E-state index in [0.29, 0.717) is 5.92 Å². The van der Waals surface area contributed by atoms with Crippen LogP contribution in [0.25, 0.3) is 5.69 Å². The van der Waals surface area contributed by atoms with Crippen molar-refractivity contribution in [1.82, 2.24) is 15.0 Å². The summed E-state index contributed by atoms with van der Waals surface area (Å²) in [7, 11) is 0. The molecule has 0 spiro atoms. The summed E-state index contributed by atoms with van der Waals surface area (Å²) in [4.78, 5) is 13.8. The summed E-state index contributed by atoms with van der Waals surface area (Å²) >= 11 is 0. The monoisotopic (exact) mass is 313 g/mol. The fraction of sp³-hybridized carbons (Fsp3) is 0.471. The quantitative estimate of drug-likeness (QED) is 0.888. The Balaban J connectivity index is 1.54. The van der Waals surface area contributed by atoms with Gasteiger partial charge in [-0.05, 0) is 36.6 Å². The van der Waals surface area contributed by atoms with Gasteiger partial charge in [0.15, 0.2) is 0 Å². The molecule has 0 radical (unpaired) electrons. The van der Waals surface area contributed by atoms with E-state index in [1.54, 1.807) is 12.4 Å². The number of carbonyl (C=O) groups is 1. The van der Waals surface area contributed by atoms with Gasteiger partial charge in [0.1, 0.15) is 0 Å². The molecule has 3 N–H and O–H groups in total. The van der Waals surface area contributed by atoms with Gasteiger partial charge in [-0.3, -0.25) is 4.79 Å². The van der Waals surface area contributed by atoms with Crippen molar-refractivity contribution in [2.24, 2.45) is 11.7 Å². The molecule has 6 nitrogen and oxygen atoms in total. The minimum absolute atomic E-state index is 0.111. The number of anilines is 1. The number of carbonyl (C=O) groups excluding carboxylic acids is 1. The van der Waals surface area contributed by atoms with Gasteiger partial charge in [-0.1, -0.05) is 32.1 Å². The molecule has 1 saturated carbocycles. The van der Waals surface area contributed by atoms with E-state index >= 15 is 0 Å². The molecule has 3 rings (SSSR count). The Kier molecular flexibility index (Phi) is 5.02. The molecule has 0 aliphatic heterocycles. The molecule has 1 aliphatic rings. The van der Waals surface area contributed by atoms with Crippen LogP contribution in [0.2, 0.25) is 0 Å². The molecular weight excluding hydrogens is 290 g/mol. The number of hydrogen-bond donors (Lipinski definition) is 2. The van der Waals surface area contributed by atoms with Crippen molar-refractivity contribution in [1.29, 1.82) is 0 Å². The molecule has 2 aromatic rings. The van der Waals surface area contributed by atoms with Gasteiger partial charge in [0.2, 0.25) is 5.91 Å². The van der Waals surface area contributed by atoms with Crippen LogP contribution in [0, 0.1) is 5.92 Å². The first-order valence-corrected chi connectivity index (χ1v) is 8.25. The molecule has 23 heavy (non-hydrogen) atoms. The normalized spacial score (nSPS) is 16.9. The third kappa shape index (κ3) is 4.16. The summed E-state index contributed by atoms with van der Waals surface area (Å²) in [5.74, 6) is 0.485. The van der Waals surface area contributed by atoms with Crippen molar-refractivity contribution in [3.05, 3.63) is 36.7 Å². The summed E-state index contributed by atoms with van der Waals surface area (Å²) in [6.45, 7) is 0. The van der Waals surface area contributed by atoms with Gasteiger partial charge < -0.3 is 11.1 Å². The average molecular weight is 313 g/mol. The van der Waals surface area contributed by atoms with Gasteiger partial charge in [0, 0.05) is 5.69 Å². The lowest BCUT2D eigenvalue weighted by atomic mass is 9.85. The fourth-order valence-corrected chi connectivity index (χ4v) is 3.15. The van der Waals surface area contributed by atoms with Crippen LogP contribution in [-0.2, 0) is 4.79 Å². The Morgan fingerprint density at radius 1 is 1.17 bits per heavy atom. The highest BCUT2D eigenvalue weighted by Crippen LogP contribution is 2.27. The Labute approximate surface area is 136 Å². The summed E-state index contributed by atoms with van der Waals surface area (Å²) in [6, 6.07) is 6.96. The second-order valence-corrected chi connectivity index (χ2v) is 6.20. The second kappa shape index (κ2) is 7.37. The lowest BCUT2D eigenvalue weighted by Crippen LogP contribution is -2.37. The lowest BCUT2D eigenvalue weighted by molar-refractivity contribution is -0.117. The summed E-state index contributed by atoms with van der Waals surface area (Å²) in [6.07, 6.45) is 10.3. The fourth-order valence-electron chi connectivity index (χ4n) is 3.15. The van der Waals surface area contributed by atoms with Crippen molar-refractivity contribution in [3.8, 4) is 5.69 Å². The molecule has 1 heterocycles. The zero-order valence-corrected chi connectivity index (χ0v) is 13.2. The van der Waals surface area contributed by atoms with E-state index < -0.39 is 6.04 Å². The summed E-state index contributed by atoms with van der Waals surface area (Å²) in [5, 5.41) is 11.0. The molecular formula is C17H23N5O. The number of nitrogens with two attached hydrogens (primary N) is 1. The second-order valence-electron chi connectivity index (χ2n) is 6.20. The van der Waals surface area contributed by atoms with Crippen molar-refractivity contribution in [2.45, 2.75) is 44.6 Å². The van der Waals surface area contributed by atoms with Crippen LogP contribution >= 0.6 is 0 Å². The molecule has 6 heteroatoms. The van der Waals surface area contributed by atoms with Crippen molar-refractivity contribution < 1.29 is 4.79 Å². The first-order valence-electron chi connectivity index (χ1n) is 8.25. The summed E-state index contributed by atoms with van der Waals surface area (Å²) in [5.41, 5.74) is 7.65. The number of hydrogen-bond acceptors (Lipinski definition) is 4. The Morgan fingerprint density at radius 3 is 2.48 bits per heavy atom. The number of aromatic nitrogens is 3. The molecule has 1 aromatic carbocycles. The van der Waals surface area contributed by atoms with Crippen molar-refractivity contribution in [3.63, 3.8) is 0 Å². The Hall–Kier alpha value is -2.21. The standard InChI is InChI=1S/C17H23N5O/c18-16(12-13-4-2-1-3-5-13)17(23)21-14-6-8-15(9-7-14)22-19-10-11-20-22/h6-11,13,16H,1-5,12,18H2,(H,21,23). The first-order chi connectivity index (χ1) is 11.2. The zero-order valence-electron chi connectivity index (χ0n) is 13.2. The van der Waals surface area contributed by atoms with E-state index in [1.165, 1.54) is 36.9 Å². The number of amides is 1. The largest absolute Gasteiger partial charge is 0.325 e. The number of rotatable bonds is 5. The topological polar surface area (TPSA) is 85.8 Å². The molecule has 0 bridgehead atoms. The van der Waals surface area contributed by atoms with Crippen molar-refractivity contribution in [2.75, 3.05) is 5.32 Å². The van der Waals surface area contributed by atoms with Gasteiger partial charge in [-0.2, -0.15) is 15.0 Å². The van der Waals surface area contributed by atoms with Crippen LogP contribution in [0.1, 0.15) is 38.5 Å². The smallest absolute Gasteiger partial charge is 0.241 e. The zero-order chi connectivity index (χ0) is 16.1. The molecule has 1 unspecified atom stereocenters. The highest BCUT2D eigenvalue weighted by molar-refractivity contribution is 5.94. The van der Waals surface area contributed by atoms with Crippen LogP contribution in [0.3, 0.4) is 0 Å². The van der Waals surface area contributed by atoms with Gasteiger partial charge in [-0.25, -0.2) is 0 Å². The molecule has 1 aromatic heterocycles. The van der Waals surface area contributed by atoms with E-state index in [1.807, 2.05) is 24.3 Å². The van der Waals surface area contributed by atoms with E-state index in [4.69, 9.17) is 5.73 Å². The Morgan fingerprint density at radius 2 is 1.83 bits per heavy atom. The highest BCUT2D eigenvalue weighted by Gasteiger charge is 2.21. The average Bonchev–Trinajstić information content (AvgIpc) is 3.11. The molecule has 1 fully saturated rings. The third-order valence-corrected chi connectivity index (χ3v) is 4.43. The molecule has 1 atom stereocenters. The van der Waals surface area contributed by atoms with E-state index in [2.05, 4.69) is 15.5 Å².